The maximum Gasteiger partial charge on any atom is 0.229 e. The van der Waals surface area contributed by atoms with Crippen molar-refractivity contribution in [3.63, 3.8) is 0 Å². The van der Waals surface area contributed by atoms with Crippen molar-refractivity contribution in [1.82, 2.24) is 0 Å². The molecule has 0 spiro atoms. The highest BCUT2D eigenvalue weighted by atomic mass is 16.8. The van der Waals surface area contributed by atoms with Gasteiger partial charge >= 0.3 is 0 Å². The van der Waals surface area contributed by atoms with E-state index in [0.29, 0.717) is 0 Å². The van der Waals surface area contributed by atoms with Crippen molar-refractivity contribution in [3.8, 4) is 17.2 Å². The van der Waals surface area contributed by atoms with Crippen molar-refractivity contribution >= 4 is 0 Å². The molecule has 0 bridgehead atoms. The molecular weight excluding hydrogens is 408 g/mol. The van der Waals surface area contributed by atoms with E-state index in [9.17, 15) is 35.7 Å². The van der Waals surface area contributed by atoms with Crippen LogP contribution in [0.5, 0.6) is 17.2 Å². The predicted molar refractivity (Wildman–Crippen MR) is 95.7 cm³/mol. The second kappa shape index (κ2) is 9.18. The van der Waals surface area contributed by atoms with Crippen molar-refractivity contribution < 1.29 is 59.4 Å². The molecule has 0 aromatic heterocycles. The molecule has 2 aliphatic rings. The topological polar surface area (TPSA) is 188 Å². The lowest BCUT2D eigenvalue weighted by Gasteiger charge is -2.42. The number of phenols is 1. The van der Waals surface area contributed by atoms with E-state index >= 15 is 0 Å². The fourth-order valence-corrected chi connectivity index (χ4v) is 3.23. The minimum atomic E-state index is -1.96. The Balaban J connectivity index is 1.82. The van der Waals surface area contributed by atoms with E-state index in [-0.39, 0.29) is 17.2 Å². The first-order chi connectivity index (χ1) is 14.2. The van der Waals surface area contributed by atoms with Gasteiger partial charge in [0.15, 0.2) is 23.9 Å². The molecule has 1 aromatic rings. The highest BCUT2D eigenvalue weighted by molar-refractivity contribution is 5.44. The Hall–Kier alpha value is -1.74. The number of hydrogen-bond donors (Lipinski definition) is 7. The quantitative estimate of drug-likeness (QED) is 0.231. The highest BCUT2D eigenvalue weighted by Crippen LogP contribution is 2.34. The van der Waals surface area contributed by atoms with Gasteiger partial charge in [-0.1, -0.05) is 0 Å². The first-order valence-corrected chi connectivity index (χ1v) is 9.18. The Morgan fingerprint density at radius 1 is 1.13 bits per heavy atom. The zero-order valence-electron chi connectivity index (χ0n) is 16.1. The van der Waals surface area contributed by atoms with Gasteiger partial charge in [0.05, 0.1) is 26.9 Å². The summed E-state index contributed by atoms with van der Waals surface area (Å²) in [6.07, 6.45) is -10.3. The molecule has 2 heterocycles. The van der Waals surface area contributed by atoms with E-state index in [4.69, 9.17) is 23.7 Å². The summed E-state index contributed by atoms with van der Waals surface area (Å²) in [6.45, 7) is -1.85. The third-order valence-electron chi connectivity index (χ3n) is 5.10. The number of aromatic hydroxyl groups is 1. The van der Waals surface area contributed by atoms with Crippen LogP contribution in [-0.2, 0) is 14.2 Å². The van der Waals surface area contributed by atoms with Crippen LogP contribution in [0.4, 0.5) is 0 Å². The first-order valence-electron chi connectivity index (χ1n) is 9.18. The molecule has 7 N–H and O–H groups in total. The normalized spacial score (nSPS) is 39.1. The average Bonchev–Trinajstić information content (AvgIpc) is 3.03. The number of rotatable bonds is 7. The number of aliphatic hydroxyl groups excluding tert-OH is 5. The summed E-state index contributed by atoms with van der Waals surface area (Å²) in [5, 5.41) is 69.4. The zero-order valence-corrected chi connectivity index (χ0v) is 16.1. The summed E-state index contributed by atoms with van der Waals surface area (Å²) < 4.78 is 26.9. The van der Waals surface area contributed by atoms with Crippen LogP contribution >= 0.6 is 0 Å². The van der Waals surface area contributed by atoms with Crippen molar-refractivity contribution in [2.45, 2.75) is 48.7 Å². The Kier molecular flexibility index (Phi) is 7.02. The average molecular weight is 434 g/mol. The van der Waals surface area contributed by atoms with Gasteiger partial charge in [0, 0.05) is 6.07 Å². The van der Waals surface area contributed by atoms with Crippen LogP contribution in [0.25, 0.3) is 0 Å². The van der Waals surface area contributed by atoms with Gasteiger partial charge in [0.1, 0.15) is 35.8 Å². The second-order valence-corrected chi connectivity index (χ2v) is 7.14. The van der Waals surface area contributed by atoms with Crippen LogP contribution in [-0.4, -0.2) is 111 Å². The molecule has 2 fully saturated rings. The SMILES string of the molecule is COc1cc(O[C@H]2O[C@H](CO)[C@H](O)[C@H](O)[C@H]2O[C@H]2OC[C@@](O)(CO)[C@H]2O)ccc1O. The highest BCUT2D eigenvalue weighted by Gasteiger charge is 2.53. The summed E-state index contributed by atoms with van der Waals surface area (Å²) in [4.78, 5) is 0. The number of hydrogen-bond acceptors (Lipinski definition) is 12. The van der Waals surface area contributed by atoms with Crippen LogP contribution < -0.4 is 9.47 Å². The molecule has 2 aliphatic heterocycles. The molecule has 2 saturated heterocycles. The van der Waals surface area contributed by atoms with E-state index < -0.39 is 68.5 Å². The maximum absolute atomic E-state index is 10.5. The number of ether oxygens (including phenoxy) is 5. The lowest BCUT2D eigenvalue weighted by Crippen LogP contribution is -2.62. The minimum absolute atomic E-state index is 0.0997. The number of methoxy groups -OCH3 is 1. The van der Waals surface area contributed by atoms with Gasteiger partial charge in [-0.05, 0) is 12.1 Å². The number of phenolic OH excluding ortho intramolecular Hbond substituents is 1. The van der Waals surface area contributed by atoms with Gasteiger partial charge in [0.2, 0.25) is 6.29 Å². The third kappa shape index (κ3) is 4.32. The molecule has 0 aliphatic carbocycles. The zero-order chi connectivity index (χ0) is 22.1. The van der Waals surface area contributed by atoms with E-state index in [0.717, 1.165) is 0 Å². The van der Waals surface area contributed by atoms with Gasteiger partial charge < -0.3 is 59.4 Å². The fourth-order valence-electron chi connectivity index (χ4n) is 3.23. The van der Waals surface area contributed by atoms with Gasteiger partial charge in [-0.25, -0.2) is 0 Å². The molecule has 0 unspecified atom stereocenters. The van der Waals surface area contributed by atoms with Crippen LogP contribution in [0.2, 0.25) is 0 Å². The molecule has 12 nitrogen and oxygen atoms in total. The summed E-state index contributed by atoms with van der Waals surface area (Å²) in [7, 11) is 1.34. The lowest BCUT2D eigenvalue weighted by molar-refractivity contribution is -0.318. The van der Waals surface area contributed by atoms with Crippen LogP contribution in [0.3, 0.4) is 0 Å². The first kappa shape index (κ1) is 22.9. The minimum Gasteiger partial charge on any atom is -0.504 e. The molecule has 0 radical (unpaired) electrons. The lowest BCUT2D eigenvalue weighted by atomic mass is 9.98. The number of benzene rings is 1. The largest absolute Gasteiger partial charge is 0.504 e. The van der Waals surface area contributed by atoms with Crippen LogP contribution in [0.15, 0.2) is 18.2 Å². The molecular formula is C18H26O12. The molecule has 1 aromatic carbocycles. The van der Waals surface area contributed by atoms with E-state index in [2.05, 4.69) is 0 Å². The van der Waals surface area contributed by atoms with E-state index in [1.807, 2.05) is 0 Å². The third-order valence-corrected chi connectivity index (χ3v) is 5.10. The summed E-state index contributed by atoms with van der Waals surface area (Å²) in [6, 6.07) is 4.02. The predicted octanol–water partition coefficient (Wildman–Crippen LogP) is -2.96. The summed E-state index contributed by atoms with van der Waals surface area (Å²) >= 11 is 0. The van der Waals surface area contributed by atoms with Crippen molar-refractivity contribution in [2.24, 2.45) is 0 Å². The van der Waals surface area contributed by atoms with Crippen molar-refractivity contribution in [3.05, 3.63) is 18.2 Å². The maximum atomic E-state index is 10.5. The molecule has 3 rings (SSSR count). The monoisotopic (exact) mass is 434 g/mol. The second-order valence-electron chi connectivity index (χ2n) is 7.14. The Labute approximate surface area is 171 Å². The van der Waals surface area contributed by atoms with Crippen molar-refractivity contribution in [2.75, 3.05) is 26.9 Å². The molecule has 0 amide bonds. The van der Waals surface area contributed by atoms with Crippen LogP contribution in [0, 0.1) is 0 Å². The smallest absolute Gasteiger partial charge is 0.229 e. The summed E-state index contributed by atoms with van der Waals surface area (Å²) in [5.41, 5.74) is -1.96. The number of aliphatic hydroxyl groups is 6. The Morgan fingerprint density at radius 3 is 2.47 bits per heavy atom. The fraction of sp³-hybridized carbons (Fsp3) is 0.667. The molecule has 0 saturated carbocycles. The summed E-state index contributed by atoms with van der Waals surface area (Å²) in [5.74, 6) is 0.0996. The molecule has 12 heteroatoms. The van der Waals surface area contributed by atoms with Crippen LogP contribution in [0.1, 0.15) is 0 Å². The van der Waals surface area contributed by atoms with Gasteiger partial charge in [0.25, 0.3) is 0 Å². The molecule has 30 heavy (non-hydrogen) atoms. The van der Waals surface area contributed by atoms with Gasteiger partial charge in [-0.15, -0.1) is 0 Å². The van der Waals surface area contributed by atoms with E-state index in [1.54, 1.807) is 0 Å². The Morgan fingerprint density at radius 2 is 1.87 bits per heavy atom. The van der Waals surface area contributed by atoms with Gasteiger partial charge in [-0.2, -0.15) is 0 Å². The van der Waals surface area contributed by atoms with Gasteiger partial charge in [-0.3, -0.25) is 0 Å². The molecule has 8 atom stereocenters. The van der Waals surface area contributed by atoms with Crippen molar-refractivity contribution in [1.29, 1.82) is 0 Å². The standard InChI is InChI=1S/C18H26O12/c1-26-10-4-8(2-3-9(10)21)28-16-14(13(23)12(22)11(5-19)29-16)30-17-15(24)18(25,6-20)7-27-17/h2-4,11-17,19-25H,5-7H2,1H3/t11-,12+,13+,14-,15+,16+,17-,18+/m1/s1. The van der Waals surface area contributed by atoms with E-state index in [1.165, 1.54) is 25.3 Å². The molecule has 170 valence electrons. The Bertz CT molecular complexity index is 716.